The molecule has 0 aliphatic rings. The Kier molecular flexibility index (Phi) is 4.21. The Morgan fingerprint density at radius 2 is 1.74 bits per heavy atom. The highest BCUT2D eigenvalue weighted by Gasteiger charge is 2.18. The van der Waals surface area contributed by atoms with Gasteiger partial charge in [-0.2, -0.15) is 0 Å². The minimum Gasteiger partial charge on any atom is -0.476 e. The molecule has 0 saturated carbocycles. The standard InChI is InChI=1S/C12H5Cl4NO2/c13-5-3-7(11(12(18)19)17-4-5)6-1-2-8(14)10(16)9(6)15/h1-4H,(H,18,19). The fraction of sp³-hybridized carbons (Fsp3) is 0. The van der Waals surface area contributed by atoms with Crippen LogP contribution in [0.4, 0.5) is 0 Å². The van der Waals surface area contributed by atoms with Gasteiger partial charge in [-0.05, 0) is 12.1 Å². The predicted octanol–water partition coefficient (Wildman–Crippen LogP) is 5.06. The largest absolute Gasteiger partial charge is 0.476 e. The smallest absolute Gasteiger partial charge is 0.355 e. The zero-order valence-corrected chi connectivity index (χ0v) is 12.1. The van der Waals surface area contributed by atoms with E-state index >= 15 is 0 Å². The van der Waals surface area contributed by atoms with Gasteiger partial charge in [0.2, 0.25) is 0 Å². The van der Waals surface area contributed by atoms with E-state index in [1.54, 1.807) is 6.07 Å². The van der Waals surface area contributed by atoms with Crippen LogP contribution < -0.4 is 0 Å². The minimum atomic E-state index is -1.19. The van der Waals surface area contributed by atoms with E-state index in [9.17, 15) is 4.79 Å². The summed E-state index contributed by atoms with van der Waals surface area (Å²) >= 11 is 23.7. The summed E-state index contributed by atoms with van der Waals surface area (Å²) in [5.41, 5.74) is 0.525. The number of halogens is 4. The Morgan fingerprint density at radius 1 is 1.05 bits per heavy atom. The van der Waals surface area contributed by atoms with Crippen LogP contribution >= 0.6 is 46.4 Å². The molecule has 0 radical (unpaired) electrons. The average molecular weight is 337 g/mol. The quantitative estimate of drug-likeness (QED) is 0.780. The molecule has 2 aromatic rings. The number of hydrogen-bond acceptors (Lipinski definition) is 2. The molecule has 1 aromatic heterocycles. The topological polar surface area (TPSA) is 50.2 Å². The van der Waals surface area contributed by atoms with Crippen molar-refractivity contribution < 1.29 is 9.90 Å². The van der Waals surface area contributed by atoms with Gasteiger partial charge in [0.25, 0.3) is 0 Å². The number of carbonyl (C=O) groups is 1. The van der Waals surface area contributed by atoms with E-state index < -0.39 is 5.97 Å². The van der Waals surface area contributed by atoms with Crippen LogP contribution in [0.15, 0.2) is 24.4 Å². The molecule has 0 unspecified atom stereocenters. The van der Waals surface area contributed by atoms with Crippen LogP contribution in [0.1, 0.15) is 10.5 Å². The number of aromatic nitrogens is 1. The summed E-state index contributed by atoms with van der Waals surface area (Å²) in [7, 11) is 0. The van der Waals surface area contributed by atoms with E-state index in [4.69, 9.17) is 51.5 Å². The maximum atomic E-state index is 11.2. The normalized spacial score (nSPS) is 10.5. The van der Waals surface area contributed by atoms with Gasteiger partial charge in [0.1, 0.15) is 0 Å². The molecule has 0 saturated heterocycles. The molecule has 0 amide bonds. The summed E-state index contributed by atoms with van der Waals surface area (Å²) in [4.78, 5) is 14.9. The van der Waals surface area contributed by atoms with Gasteiger partial charge in [0, 0.05) is 17.3 Å². The lowest BCUT2D eigenvalue weighted by atomic mass is 10.0. The van der Waals surface area contributed by atoms with Crippen molar-refractivity contribution >= 4 is 52.4 Å². The molecule has 0 spiro atoms. The molecule has 0 fully saturated rings. The number of nitrogens with zero attached hydrogens (tertiary/aromatic N) is 1. The van der Waals surface area contributed by atoms with Gasteiger partial charge in [-0.1, -0.05) is 52.5 Å². The molecule has 3 nitrogen and oxygen atoms in total. The number of hydrogen-bond donors (Lipinski definition) is 1. The van der Waals surface area contributed by atoms with Crippen LogP contribution in [-0.4, -0.2) is 16.1 Å². The van der Waals surface area contributed by atoms with Gasteiger partial charge in [-0.3, -0.25) is 0 Å². The van der Waals surface area contributed by atoms with Crippen molar-refractivity contribution in [3.63, 3.8) is 0 Å². The Morgan fingerprint density at radius 3 is 2.37 bits per heavy atom. The molecular formula is C12H5Cl4NO2. The highest BCUT2D eigenvalue weighted by molar-refractivity contribution is 6.49. The van der Waals surface area contributed by atoms with E-state index in [1.807, 2.05) is 0 Å². The molecule has 2 rings (SSSR count). The van der Waals surface area contributed by atoms with Crippen molar-refractivity contribution in [1.82, 2.24) is 4.98 Å². The Hall–Kier alpha value is -1.000. The van der Waals surface area contributed by atoms with Gasteiger partial charge < -0.3 is 5.11 Å². The van der Waals surface area contributed by atoms with E-state index in [0.29, 0.717) is 10.6 Å². The zero-order valence-electron chi connectivity index (χ0n) is 9.12. The first-order valence-corrected chi connectivity index (χ1v) is 6.45. The maximum absolute atomic E-state index is 11.2. The molecule has 0 aliphatic carbocycles. The molecule has 1 heterocycles. The predicted molar refractivity (Wildman–Crippen MR) is 76.7 cm³/mol. The van der Waals surface area contributed by atoms with E-state index in [-0.39, 0.29) is 26.3 Å². The van der Waals surface area contributed by atoms with Crippen LogP contribution in [0.3, 0.4) is 0 Å². The average Bonchev–Trinajstić information content (AvgIpc) is 2.35. The van der Waals surface area contributed by atoms with Gasteiger partial charge in [0.15, 0.2) is 5.69 Å². The molecule has 0 atom stereocenters. The van der Waals surface area contributed by atoms with Crippen LogP contribution in [0.5, 0.6) is 0 Å². The van der Waals surface area contributed by atoms with Crippen molar-refractivity contribution in [3.05, 3.63) is 50.2 Å². The first-order valence-electron chi connectivity index (χ1n) is 4.94. The minimum absolute atomic E-state index is 0.150. The number of pyridine rings is 1. The van der Waals surface area contributed by atoms with Gasteiger partial charge in [0.05, 0.1) is 20.1 Å². The van der Waals surface area contributed by atoms with Crippen LogP contribution in [-0.2, 0) is 0 Å². The lowest BCUT2D eigenvalue weighted by Gasteiger charge is -2.10. The molecule has 0 aliphatic heterocycles. The molecular weight excluding hydrogens is 332 g/mol. The first-order chi connectivity index (χ1) is 8.91. The van der Waals surface area contributed by atoms with Crippen LogP contribution in [0.2, 0.25) is 20.1 Å². The number of carboxylic acids is 1. The number of benzene rings is 1. The third kappa shape index (κ3) is 2.79. The van der Waals surface area contributed by atoms with Crippen molar-refractivity contribution in [2.24, 2.45) is 0 Å². The SMILES string of the molecule is O=C(O)c1ncc(Cl)cc1-c1ccc(Cl)c(Cl)c1Cl. The molecule has 1 N–H and O–H groups in total. The molecule has 7 heteroatoms. The lowest BCUT2D eigenvalue weighted by molar-refractivity contribution is 0.0691. The summed E-state index contributed by atoms with van der Waals surface area (Å²) < 4.78 is 0. The monoisotopic (exact) mass is 335 g/mol. The highest BCUT2D eigenvalue weighted by atomic mass is 35.5. The second-order valence-electron chi connectivity index (χ2n) is 3.58. The first kappa shape index (κ1) is 14.4. The van der Waals surface area contributed by atoms with Crippen molar-refractivity contribution in [2.75, 3.05) is 0 Å². The second kappa shape index (κ2) is 5.55. The van der Waals surface area contributed by atoms with Crippen LogP contribution in [0, 0.1) is 0 Å². The fourth-order valence-electron chi connectivity index (χ4n) is 1.55. The Labute approximate surface area is 128 Å². The van der Waals surface area contributed by atoms with Crippen LogP contribution in [0.25, 0.3) is 11.1 Å². The molecule has 1 aromatic carbocycles. The maximum Gasteiger partial charge on any atom is 0.355 e. The van der Waals surface area contributed by atoms with Gasteiger partial charge in [-0.25, -0.2) is 9.78 Å². The summed E-state index contributed by atoms with van der Waals surface area (Å²) in [5.74, 6) is -1.19. The van der Waals surface area contributed by atoms with Crippen molar-refractivity contribution in [2.45, 2.75) is 0 Å². The third-order valence-corrected chi connectivity index (χ3v) is 3.88. The lowest BCUT2D eigenvalue weighted by Crippen LogP contribution is -2.03. The Bertz CT molecular complexity index is 673. The summed E-state index contributed by atoms with van der Waals surface area (Å²) in [5, 5.41) is 10.0. The summed E-state index contributed by atoms with van der Waals surface area (Å²) in [6.45, 7) is 0. The van der Waals surface area contributed by atoms with E-state index in [2.05, 4.69) is 4.98 Å². The van der Waals surface area contributed by atoms with E-state index in [0.717, 1.165) is 0 Å². The molecule has 0 bridgehead atoms. The van der Waals surface area contributed by atoms with Gasteiger partial charge in [-0.15, -0.1) is 0 Å². The van der Waals surface area contributed by atoms with E-state index in [1.165, 1.54) is 18.3 Å². The molecule has 19 heavy (non-hydrogen) atoms. The Balaban J connectivity index is 2.75. The van der Waals surface area contributed by atoms with Crippen molar-refractivity contribution in [1.29, 1.82) is 0 Å². The second-order valence-corrected chi connectivity index (χ2v) is 5.18. The van der Waals surface area contributed by atoms with Crippen molar-refractivity contribution in [3.8, 4) is 11.1 Å². The third-order valence-electron chi connectivity index (χ3n) is 2.38. The zero-order chi connectivity index (χ0) is 14.2. The summed E-state index contributed by atoms with van der Waals surface area (Å²) in [6.07, 6.45) is 1.25. The fourth-order valence-corrected chi connectivity index (χ4v) is 2.34. The number of aromatic carboxylic acids is 1. The highest BCUT2D eigenvalue weighted by Crippen LogP contribution is 2.39. The van der Waals surface area contributed by atoms with Gasteiger partial charge >= 0.3 is 5.97 Å². The number of rotatable bonds is 2. The summed E-state index contributed by atoms with van der Waals surface area (Å²) in [6, 6.07) is 4.55. The molecule has 98 valence electrons. The number of carboxylic acid groups (broad SMARTS) is 1.